The number of epoxide rings is 1. The van der Waals surface area contributed by atoms with Crippen LogP contribution in [0.1, 0.15) is 33.1 Å². The van der Waals surface area contributed by atoms with Gasteiger partial charge in [-0.25, -0.2) is 4.79 Å². The van der Waals surface area contributed by atoms with Gasteiger partial charge in [-0.15, -0.1) is 11.6 Å². The topological polar surface area (TPSA) is 38.8 Å². The molecular formula is C16H23ClO3. The highest BCUT2D eigenvalue weighted by molar-refractivity contribution is 6.19. The summed E-state index contributed by atoms with van der Waals surface area (Å²) in [6.07, 6.45) is 6.54. The Labute approximate surface area is 126 Å². The number of rotatable bonds is 5. The summed E-state index contributed by atoms with van der Waals surface area (Å²) in [5.74, 6) is 1.14. The molecule has 112 valence electrons. The summed E-state index contributed by atoms with van der Waals surface area (Å²) in [5.41, 5.74) is 0.975. The molecular weight excluding hydrogens is 276 g/mol. The Morgan fingerprint density at radius 1 is 1.55 bits per heavy atom. The van der Waals surface area contributed by atoms with Crippen LogP contribution in [0.25, 0.3) is 0 Å². The normalized spacial score (nSPS) is 36.2. The third kappa shape index (κ3) is 3.09. The lowest BCUT2D eigenvalue weighted by molar-refractivity contribution is -0.137. The third-order valence-electron chi connectivity index (χ3n) is 4.56. The van der Waals surface area contributed by atoms with Crippen molar-refractivity contribution in [3.8, 4) is 0 Å². The van der Waals surface area contributed by atoms with E-state index in [0.717, 1.165) is 24.8 Å². The number of ether oxygens (including phenoxy) is 2. The van der Waals surface area contributed by atoms with Gasteiger partial charge in [0.1, 0.15) is 11.7 Å². The molecule has 0 unspecified atom stereocenters. The Morgan fingerprint density at radius 3 is 2.95 bits per heavy atom. The molecule has 1 aliphatic carbocycles. The minimum Gasteiger partial charge on any atom is -0.463 e. The minimum atomic E-state index is -0.302. The number of halogens is 1. The number of esters is 1. The Bertz CT molecular complexity index is 418. The first-order chi connectivity index (χ1) is 9.53. The van der Waals surface area contributed by atoms with Gasteiger partial charge in [0, 0.05) is 12.0 Å². The van der Waals surface area contributed by atoms with E-state index >= 15 is 0 Å². The summed E-state index contributed by atoms with van der Waals surface area (Å²) in [7, 11) is 0. The third-order valence-corrected chi connectivity index (χ3v) is 4.90. The highest BCUT2D eigenvalue weighted by atomic mass is 35.5. The number of carbonyl (C=O) groups is 1. The molecule has 0 N–H and O–H groups in total. The van der Waals surface area contributed by atoms with Gasteiger partial charge in [-0.1, -0.05) is 19.1 Å². The van der Waals surface area contributed by atoms with Crippen molar-refractivity contribution in [2.24, 2.45) is 11.8 Å². The average molecular weight is 299 g/mol. The number of allylic oxidation sites excluding steroid dienone is 1. The lowest BCUT2D eigenvalue weighted by Crippen LogP contribution is -2.33. The van der Waals surface area contributed by atoms with E-state index in [1.165, 1.54) is 6.08 Å². The van der Waals surface area contributed by atoms with Crippen LogP contribution in [0.15, 0.2) is 24.3 Å². The van der Waals surface area contributed by atoms with E-state index in [1.54, 1.807) is 6.92 Å². The highest BCUT2D eigenvalue weighted by Crippen LogP contribution is 2.54. The molecule has 0 aromatic rings. The Balaban J connectivity index is 1.97. The number of carbonyl (C=O) groups excluding carboxylic acids is 1. The van der Waals surface area contributed by atoms with Crippen LogP contribution in [-0.4, -0.2) is 30.2 Å². The molecule has 2 rings (SSSR count). The molecule has 4 atom stereocenters. The first kappa shape index (κ1) is 15.6. The second-order valence-corrected chi connectivity index (χ2v) is 6.04. The predicted octanol–water partition coefficient (Wildman–Crippen LogP) is 3.47. The second-order valence-electron chi connectivity index (χ2n) is 5.78. The first-order valence-electron chi connectivity index (χ1n) is 7.30. The smallest absolute Gasteiger partial charge is 0.330 e. The average Bonchev–Trinajstić information content (AvgIpc) is 3.13. The fraction of sp³-hybridized carbons (Fsp3) is 0.688. The predicted molar refractivity (Wildman–Crippen MR) is 79.7 cm³/mol. The second kappa shape index (κ2) is 6.31. The van der Waals surface area contributed by atoms with E-state index in [-0.39, 0.29) is 17.7 Å². The molecule has 1 heterocycles. The standard InChI is InChI=1S/C16H23ClO3/c1-4-19-15(18)8-7-14-16(20-14)9-13(11(2)10-17)6-5-12(16)3/h7-8,12-14H,2,4-6,9-10H2,1,3H3/b8-7+/t12-,13-,14-,16-/m1/s1. The molecule has 1 saturated heterocycles. The molecule has 1 saturated carbocycles. The van der Waals surface area contributed by atoms with Crippen LogP contribution in [-0.2, 0) is 14.3 Å². The van der Waals surface area contributed by atoms with Gasteiger partial charge in [0.15, 0.2) is 0 Å². The number of hydrogen-bond acceptors (Lipinski definition) is 3. The van der Waals surface area contributed by atoms with Crippen molar-refractivity contribution in [2.75, 3.05) is 12.5 Å². The van der Waals surface area contributed by atoms with Gasteiger partial charge in [-0.3, -0.25) is 0 Å². The molecule has 1 aliphatic heterocycles. The molecule has 0 amide bonds. The summed E-state index contributed by atoms with van der Waals surface area (Å²) in [4.78, 5) is 11.4. The molecule has 0 aromatic heterocycles. The van der Waals surface area contributed by atoms with Crippen LogP contribution >= 0.6 is 11.6 Å². The van der Waals surface area contributed by atoms with Crippen LogP contribution in [0.4, 0.5) is 0 Å². The maximum atomic E-state index is 11.4. The van der Waals surface area contributed by atoms with Gasteiger partial charge in [-0.2, -0.15) is 0 Å². The first-order valence-corrected chi connectivity index (χ1v) is 7.83. The van der Waals surface area contributed by atoms with Gasteiger partial charge in [-0.05, 0) is 44.1 Å². The lowest BCUT2D eigenvalue weighted by atomic mass is 9.71. The van der Waals surface area contributed by atoms with Crippen molar-refractivity contribution in [1.29, 1.82) is 0 Å². The van der Waals surface area contributed by atoms with Crippen LogP contribution in [0.2, 0.25) is 0 Å². The quantitative estimate of drug-likeness (QED) is 0.256. The van der Waals surface area contributed by atoms with E-state index in [4.69, 9.17) is 21.1 Å². The zero-order valence-corrected chi connectivity index (χ0v) is 13.0. The van der Waals surface area contributed by atoms with Crippen LogP contribution in [0.3, 0.4) is 0 Å². The van der Waals surface area contributed by atoms with Crippen molar-refractivity contribution in [3.63, 3.8) is 0 Å². The summed E-state index contributed by atoms with van der Waals surface area (Å²) < 4.78 is 10.8. The maximum Gasteiger partial charge on any atom is 0.330 e. The molecule has 0 aromatic carbocycles. The van der Waals surface area contributed by atoms with Gasteiger partial charge in [0.05, 0.1) is 6.61 Å². The molecule has 2 fully saturated rings. The zero-order chi connectivity index (χ0) is 14.8. The summed E-state index contributed by atoms with van der Waals surface area (Å²) in [6, 6.07) is 0. The van der Waals surface area contributed by atoms with Crippen molar-refractivity contribution < 1.29 is 14.3 Å². The SMILES string of the molecule is C=C(CCl)[C@@H]1CC[C@@H](C)[C@@]2(C1)O[C@@H]2/C=C/C(=O)OCC. The van der Waals surface area contributed by atoms with Crippen molar-refractivity contribution >= 4 is 17.6 Å². The largest absolute Gasteiger partial charge is 0.463 e. The summed E-state index contributed by atoms with van der Waals surface area (Å²) in [6.45, 7) is 8.47. The molecule has 0 bridgehead atoms. The Kier molecular flexibility index (Phi) is 4.92. The Hall–Kier alpha value is -0.800. The molecule has 0 radical (unpaired) electrons. The zero-order valence-electron chi connectivity index (χ0n) is 12.2. The highest BCUT2D eigenvalue weighted by Gasteiger charge is 2.60. The van der Waals surface area contributed by atoms with E-state index < -0.39 is 0 Å². The monoisotopic (exact) mass is 298 g/mol. The van der Waals surface area contributed by atoms with Gasteiger partial charge in [0.25, 0.3) is 0 Å². The van der Waals surface area contributed by atoms with Crippen LogP contribution in [0.5, 0.6) is 0 Å². The molecule has 1 spiro atoms. The van der Waals surface area contributed by atoms with E-state index in [0.29, 0.717) is 24.3 Å². The number of hydrogen-bond donors (Lipinski definition) is 0. The van der Waals surface area contributed by atoms with Gasteiger partial charge in [0.2, 0.25) is 0 Å². The lowest BCUT2D eigenvalue weighted by Gasteiger charge is -2.33. The molecule has 20 heavy (non-hydrogen) atoms. The van der Waals surface area contributed by atoms with Crippen molar-refractivity contribution in [1.82, 2.24) is 0 Å². The van der Waals surface area contributed by atoms with Gasteiger partial charge >= 0.3 is 5.97 Å². The van der Waals surface area contributed by atoms with E-state index in [1.807, 2.05) is 6.08 Å². The molecule has 2 aliphatic rings. The van der Waals surface area contributed by atoms with Crippen LogP contribution in [0, 0.1) is 11.8 Å². The summed E-state index contributed by atoms with van der Waals surface area (Å²) >= 11 is 5.89. The van der Waals surface area contributed by atoms with Gasteiger partial charge < -0.3 is 9.47 Å². The maximum absolute atomic E-state index is 11.4. The minimum absolute atomic E-state index is 0.0211. The van der Waals surface area contributed by atoms with E-state index in [9.17, 15) is 4.79 Å². The molecule has 3 nitrogen and oxygen atoms in total. The van der Waals surface area contributed by atoms with Crippen molar-refractivity contribution in [2.45, 2.75) is 44.8 Å². The Morgan fingerprint density at radius 2 is 2.30 bits per heavy atom. The van der Waals surface area contributed by atoms with Crippen molar-refractivity contribution in [3.05, 3.63) is 24.3 Å². The summed E-state index contributed by atoms with van der Waals surface area (Å²) in [5, 5.41) is 0. The fourth-order valence-electron chi connectivity index (χ4n) is 3.16. The van der Waals surface area contributed by atoms with E-state index in [2.05, 4.69) is 13.5 Å². The fourth-order valence-corrected chi connectivity index (χ4v) is 3.38. The van der Waals surface area contributed by atoms with Crippen LogP contribution < -0.4 is 0 Å². The number of alkyl halides is 1. The molecule has 4 heteroatoms.